The van der Waals surface area contributed by atoms with Crippen molar-refractivity contribution in [3.63, 3.8) is 0 Å². The Morgan fingerprint density at radius 3 is 2.76 bits per heavy atom. The van der Waals surface area contributed by atoms with E-state index in [4.69, 9.17) is 16.3 Å². The molecular weight excluding hydrogens is 242 g/mol. The maximum Gasteiger partial charge on any atom is 0.359 e. The maximum atomic E-state index is 11.8. The summed E-state index contributed by atoms with van der Waals surface area (Å²) in [6, 6.07) is 0. The van der Waals surface area contributed by atoms with Crippen LogP contribution < -0.4 is 0 Å². The van der Waals surface area contributed by atoms with Crippen molar-refractivity contribution in [1.82, 2.24) is 14.4 Å². The van der Waals surface area contributed by atoms with E-state index in [2.05, 4.69) is 9.97 Å². The van der Waals surface area contributed by atoms with Gasteiger partial charge in [-0.2, -0.15) is 0 Å². The predicted octanol–water partition coefficient (Wildman–Crippen LogP) is 2.34. The highest BCUT2D eigenvalue weighted by atomic mass is 35.5. The first kappa shape index (κ1) is 11.9. The van der Waals surface area contributed by atoms with E-state index >= 15 is 0 Å². The van der Waals surface area contributed by atoms with Crippen molar-refractivity contribution in [1.29, 1.82) is 0 Å². The molecule has 0 radical (unpaired) electrons. The van der Waals surface area contributed by atoms with Crippen LogP contribution in [0.4, 0.5) is 0 Å². The van der Waals surface area contributed by atoms with Crippen LogP contribution in [-0.4, -0.2) is 25.9 Å². The van der Waals surface area contributed by atoms with Crippen LogP contribution in [0.3, 0.4) is 0 Å². The third-order valence-corrected chi connectivity index (χ3v) is 2.11. The average molecular weight is 254 g/mol. The van der Waals surface area contributed by atoms with E-state index in [1.54, 1.807) is 37.6 Å². The lowest BCUT2D eigenvalue weighted by molar-refractivity contribution is 0.00636. The van der Waals surface area contributed by atoms with Gasteiger partial charge in [-0.25, -0.2) is 14.8 Å². The number of fused-ring (bicyclic) bond motifs is 1. The van der Waals surface area contributed by atoms with Gasteiger partial charge in [0.25, 0.3) is 0 Å². The van der Waals surface area contributed by atoms with Crippen molar-refractivity contribution in [2.24, 2.45) is 0 Å². The zero-order valence-corrected chi connectivity index (χ0v) is 10.5. The summed E-state index contributed by atoms with van der Waals surface area (Å²) in [5, 5.41) is 0.339. The molecule has 90 valence electrons. The number of halogens is 1. The number of hydrogen-bond donors (Lipinski definition) is 0. The van der Waals surface area contributed by atoms with Gasteiger partial charge >= 0.3 is 5.97 Å². The van der Waals surface area contributed by atoms with Gasteiger partial charge in [-0.3, -0.25) is 0 Å². The number of hydrogen-bond acceptors (Lipinski definition) is 4. The second-order valence-electron chi connectivity index (χ2n) is 4.60. The second-order valence-corrected chi connectivity index (χ2v) is 4.99. The Hall–Kier alpha value is -1.62. The van der Waals surface area contributed by atoms with E-state index in [1.807, 2.05) is 0 Å². The number of ether oxygens (including phenoxy) is 1. The van der Waals surface area contributed by atoms with E-state index in [-0.39, 0.29) is 5.69 Å². The molecule has 0 aliphatic carbocycles. The average Bonchev–Trinajstić information content (AvgIpc) is 2.57. The van der Waals surface area contributed by atoms with Crippen LogP contribution in [0.2, 0.25) is 5.15 Å². The fourth-order valence-electron chi connectivity index (χ4n) is 1.30. The Morgan fingerprint density at radius 1 is 1.41 bits per heavy atom. The monoisotopic (exact) mass is 253 g/mol. The minimum Gasteiger partial charge on any atom is -0.455 e. The fourth-order valence-corrected chi connectivity index (χ4v) is 1.46. The van der Waals surface area contributed by atoms with Crippen molar-refractivity contribution in [2.75, 3.05) is 0 Å². The zero-order chi connectivity index (χ0) is 12.6. The molecule has 0 atom stereocenters. The Balaban J connectivity index is 2.33. The molecule has 0 aliphatic heterocycles. The minimum atomic E-state index is -0.539. The zero-order valence-electron chi connectivity index (χ0n) is 9.77. The van der Waals surface area contributed by atoms with Gasteiger partial charge in [-0.1, -0.05) is 11.6 Å². The molecule has 0 aliphatic rings. The van der Waals surface area contributed by atoms with Crippen LogP contribution in [0.1, 0.15) is 31.3 Å². The Morgan fingerprint density at radius 2 is 2.12 bits per heavy atom. The molecule has 0 N–H and O–H groups in total. The third kappa shape index (κ3) is 2.74. The molecule has 0 aromatic carbocycles. The lowest BCUT2D eigenvalue weighted by Crippen LogP contribution is -2.24. The van der Waals surface area contributed by atoms with Gasteiger partial charge in [0.05, 0.1) is 6.20 Å². The minimum absolute atomic E-state index is 0.240. The van der Waals surface area contributed by atoms with Crippen molar-refractivity contribution >= 4 is 23.2 Å². The quantitative estimate of drug-likeness (QED) is 0.732. The highest BCUT2D eigenvalue weighted by Gasteiger charge is 2.20. The molecule has 0 fully saturated rings. The van der Waals surface area contributed by atoms with Crippen molar-refractivity contribution in [3.05, 3.63) is 29.4 Å². The summed E-state index contributed by atoms with van der Waals surface area (Å²) in [6.45, 7) is 5.41. The first-order valence-corrected chi connectivity index (χ1v) is 5.46. The van der Waals surface area contributed by atoms with Crippen molar-refractivity contribution in [2.45, 2.75) is 26.4 Å². The van der Waals surface area contributed by atoms with Gasteiger partial charge in [-0.05, 0) is 20.8 Å². The molecule has 0 spiro atoms. The van der Waals surface area contributed by atoms with E-state index < -0.39 is 11.6 Å². The maximum absolute atomic E-state index is 11.8. The van der Waals surface area contributed by atoms with Crippen LogP contribution in [0.15, 0.2) is 18.6 Å². The van der Waals surface area contributed by atoms with Crippen LogP contribution in [0.25, 0.3) is 5.65 Å². The molecule has 0 unspecified atom stereocenters. The van der Waals surface area contributed by atoms with Gasteiger partial charge in [0.1, 0.15) is 10.8 Å². The highest BCUT2D eigenvalue weighted by molar-refractivity contribution is 6.29. The molecular formula is C11H12ClN3O2. The molecule has 0 saturated carbocycles. The highest BCUT2D eigenvalue weighted by Crippen LogP contribution is 2.13. The van der Waals surface area contributed by atoms with Gasteiger partial charge in [-0.15, -0.1) is 0 Å². The number of carbonyl (C=O) groups excluding carboxylic acids is 1. The molecule has 2 aromatic rings. The largest absolute Gasteiger partial charge is 0.455 e. The summed E-state index contributed by atoms with van der Waals surface area (Å²) >= 11 is 5.74. The van der Waals surface area contributed by atoms with Crippen molar-refractivity contribution in [3.8, 4) is 0 Å². The van der Waals surface area contributed by atoms with Crippen molar-refractivity contribution < 1.29 is 9.53 Å². The summed E-state index contributed by atoms with van der Waals surface area (Å²) in [4.78, 5) is 19.8. The predicted molar refractivity (Wildman–Crippen MR) is 63.2 cm³/mol. The lowest BCUT2D eigenvalue weighted by atomic mass is 10.2. The molecule has 17 heavy (non-hydrogen) atoms. The molecule has 0 saturated heterocycles. The Kier molecular flexibility index (Phi) is 2.79. The first-order valence-electron chi connectivity index (χ1n) is 5.09. The third-order valence-electron chi connectivity index (χ3n) is 1.92. The van der Waals surface area contributed by atoms with E-state index in [0.29, 0.717) is 10.8 Å². The van der Waals surface area contributed by atoms with Crippen LogP contribution >= 0.6 is 11.6 Å². The molecule has 2 heterocycles. The van der Waals surface area contributed by atoms with E-state index in [9.17, 15) is 4.79 Å². The Bertz CT molecular complexity index is 572. The number of imidazole rings is 1. The SMILES string of the molecule is CC(C)(C)OC(=O)c1cn2cc(Cl)ncc2n1. The Labute approximate surface area is 103 Å². The van der Waals surface area contributed by atoms with Gasteiger partial charge in [0, 0.05) is 12.4 Å². The second kappa shape index (κ2) is 4.00. The van der Waals surface area contributed by atoms with Crippen LogP contribution in [0.5, 0.6) is 0 Å². The first-order chi connectivity index (χ1) is 7.85. The van der Waals surface area contributed by atoms with Crippen LogP contribution in [-0.2, 0) is 4.74 Å². The smallest absolute Gasteiger partial charge is 0.359 e. The molecule has 0 amide bonds. The fraction of sp³-hybridized carbons (Fsp3) is 0.364. The number of carbonyl (C=O) groups is 1. The van der Waals surface area contributed by atoms with Gasteiger partial charge in [0.15, 0.2) is 11.3 Å². The standard InChI is InChI=1S/C11H12ClN3O2/c1-11(2,3)17-10(16)7-5-15-6-8(12)13-4-9(15)14-7/h4-6H,1-3H3. The van der Waals surface area contributed by atoms with Crippen LogP contribution in [0, 0.1) is 0 Å². The molecule has 0 bridgehead atoms. The topological polar surface area (TPSA) is 56.5 Å². The molecule has 2 aromatic heterocycles. The summed E-state index contributed by atoms with van der Waals surface area (Å²) in [6.07, 6.45) is 4.64. The number of aromatic nitrogens is 3. The van der Waals surface area contributed by atoms with Gasteiger partial charge < -0.3 is 9.14 Å². The summed E-state index contributed by atoms with van der Waals surface area (Å²) in [7, 11) is 0. The number of esters is 1. The summed E-state index contributed by atoms with van der Waals surface area (Å²) in [5.41, 5.74) is 0.252. The lowest BCUT2D eigenvalue weighted by Gasteiger charge is -2.18. The normalized spacial score (nSPS) is 11.8. The molecule has 6 heteroatoms. The molecule has 5 nitrogen and oxygen atoms in total. The number of nitrogens with zero attached hydrogens (tertiary/aromatic N) is 3. The van der Waals surface area contributed by atoms with Gasteiger partial charge in [0.2, 0.25) is 0 Å². The summed E-state index contributed by atoms with van der Waals surface area (Å²) in [5.74, 6) is -0.461. The number of rotatable bonds is 1. The van der Waals surface area contributed by atoms with E-state index in [0.717, 1.165) is 0 Å². The van der Waals surface area contributed by atoms with E-state index in [1.165, 1.54) is 6.20 Å². The molecule has 2 rings (SSSR count). The summed E-state index contributed by atoms with van der Waals surface area (Å²) < 4.78 is 6.85.